The Morgan fingerprint density at radius 3 is 3.33 bits per heavy atom. The number of aryl methyl sites for hydroxylation is 1. The van der Waals surface area contributed by atoms with Crippen LogP contribution in [0.2, 0.25) is 0 Å². The van der Waals surface area contributed by atoms with Crippen LogP contribution >= 0.6 is 11.8 Å². The first-order valence-corrected chi connectivity index (χ1v) is 8.55. The van der Waals surface area contributed by atoms with Gasteiger partial charge in [0.1, 0.15) is 12.1 Å². The van der Waals surface area contributed by atoms with Crippen molar-refractivity contribution in [2.75, 3.05) is 23.4 Å². The molecule has 0 aliphatic carbocycles. The van der Waals surface area contributed by atoms with Crippen molar-refractivity contribution in [3.63, 3.8) is 0 Å². The number of rotatable bonds is 2. The molecule has 2 saturated heterocycles. The van der Waals surface area contributed by atoms with Crippen molar-refractivity contribution in [3.8, 4) is 0 Å². The molecular weight excluding hydrogens is 286 g/mol. The number of thioether (sulfide) groups is 1. The minimum absolute atomic E-state index is 0.0874. The summed E-state index contributed by atoms with van der Waals surface area (Å²) >= 11 is 2.00. The lowest BCUT2D eigenvalue weighted by atomic mass is 9.90. The maximum atomic E-state index is 6.08. The third kappa shape index (κ3) is 2.48. The minimum atomic E-state index is 0.0874. The Morgan fingerprint density at radius 1 is 1.52 bits per heavy atom. The van der Waals surface area contributed by atoms with Gasteiger partial charge in [-0.2, -0.15) is 26.4 Å². The van der Waals surface area contributed by atoms with E-state index in [-0.39, 0.29) is 5.60 Å². The van der Waals surface area contributed by atoms with E-state index in [4.69, 9.17) is 4.74 Å². The van der Waals surface area contributed by atoms with Crippen molar-refractivity contribution in [3.05, 3.63) is 18.1 Å². The third-order valence-corrected chi connectivity index (χ3v) is 5.52. The van der Waals surface area contributed by atoms with E-state index in [1.807, 2.05) is 24.8 Å². The number of anilines is 1. The SMILES string of the molecule is Cc1cc(NC2CCOC3(CCSC3)C2)n2ncnc2n1. The normalized spacial score (nSPS) is 29.3. The predicted octanol–water partition coefficient (Wildman–Crippen LogP) is 1.90. The standard InChI is InChI=1S/C14H19N5OS/c1-10-6-12(19-13(17-10)15-9-16-19)18-11-2-4-20-14(7-11)3-5-21-8-14/h6,9,11,18H,2-5,7-8H2,1H3. The molecule has 21 heavy (non-hydrogen) atoms. The lowest BCUT2D eigenvalue weighted by Crippen LogP contribution is -2.44. The Hall–Kier alpha value is -1.34. The quantitative estimate of drug-likeness (QED) is 0.914. The number of hydrogen-bond donors (Lipinski definition) is 1. The van der Waals surface area contributed by atoms with Crippen LogP contribution in [-0.4, -0.2) is 49.3 Å². The Balaban J connectivity index is 1.58. The highest BCUT2D eigenvalue weighted by atomic mass is 32.2. The topological polar surface area (TPSA) is 64.3 Å². The summed E-state index contributed by atoms with van der Waals surface area (Å²) in [6.45, 7) is 2.82. The second kappa shape index (κ2) is 5.14. The number of nitrogens with one attached hydrogen (secondary N) is 1. The van der Waals surface area contributed by atoms with Crippen molar-refractivity contribution in [1.29, 1.82) is 0 Å². The zero-order chi connectivity index (χ0) is 14.3. The van der Waals surface area contributed by atoms with Gasteiger partial charge in [0.05, 0.1) is 5.60 Å². The molecule has 2 unspecified atom stereocenters. The van der Waals surface area contributed by atoms with Gasteiger partial charge in [-0.25, -0.2) is 4.98 Å². The lowest BCUT2D eigenvalue weighted by molar-refractivity contribution is -0.0628. The molecule has 7 heteroatoms. The van der Waals surface area contributed by atoms with Crippen molar-refractivity contribution >= 4 is 23.4 Å². The highest BCUT2D eigenvalue weighted by molar-refractivity contribution is 7.99. The van der Waals surface area contributed by atoms with E-state index in [1.165, 1.54) is 12.2 Å². The second-order valence-electron chi connectivity index (χ2n) is 5.92. The van der Waals surface area contributed by atoms with Crippen LogP contribution in [0.1, 0.15) is 25.0 Å². The molecule has 2 aromatic rings. The summed E-state index contributed by atoms with van der Waals surface area (Å²) < 4.78 is 7.86. The zero-order valence-electron chi connectivity index (χ0n) is 12.1. The molecule has 2 aromatic heterocycles. The molecule has 0 bridgehead atoms. The molecule has 4 rings (SSSR count). The molecule has 1 N–H and O–H groups in total. The first kappa shape index (κ1) is 13.3. The van der Waals surface area contributed by atoms with Crippen LogP contribution in [0.5, 0.6) is 0 Å². The van der Waals surface area contributed by atoms with Crippen molar-refractivity contribution < 1.29 is 4.74 Å². The van der Waals surface area contributed by atoms with Crippen molar-refractivity contribution in [1.82, 2.24) is 19.6 Å². The maximum Gasteiger partial charge on any atom is 0.254 e. The molecule has 0 aromatic carbocycles. The Morgan fingerprint density at radius 2 is 2.48 bits per heavy atom. The maximum absolute atomic E-state index is 6.08. The molecule has 1 spiro atoms. The Labute approximate surface area is 127 Å². The van der Waals surface area contributed by atoms with Crippen LogP contribution in [0.25, 0.3) is 5.78 Å². The van der Waals surface area contributed by atoms with E-state index in [0.717, 1.165) is 36.7 Å². The predicted molar refractivity (Wildman–Crippen MR) is 82.8 cm³/mol. The van der Waals surface area contributed by atoms with Crippen LogP contribution in [0, 0.1) is 6.92 Å². The summed E-state index contributed by atoms with van der Waals surface area (Å²) in [6.07, 6.45) is 4.82. The van der Waals surface area contributed by atoms with Gasteiger partial charge in [0.25, 0.3) is 5.78 Å². The molecule has 0 amide bonds. The minimum Gasteiger partial charge on any atom is -0.374 e. The number of hydrogen-bond acceptors (Lipinski definition) is 6. The van der Waals surface area contributed by atoms with Crippen LogP contribution in [0.4, 0.5) is 5.82 Å². The molecule has 6 nitrogen and oxygen atoms in total. The van der Waals surface area contributed by atoms with Crippen LogP contribution in [0.15, 0.2) is 12.4 Å². The van der Waals surface area contributed by atoms with Crippen molar-refractivity contribution in [2.24, 2.45) is 0 Å². The van der Waals surface area contributed by atoms with E-state index in [1.54, 1.807) is 10.8 Å². The third-order valence-electron chi connectivity index (χ3n) is 4.29. The number of fused-ring (bicyclic) bond motifs is 1. The summed E-state index contributed by atoms with van der Waals surface area (Å²) in [6, 6.07) is 2.46. The first-order chi connectivity index (χ1) is 10.2. The van der Waals surface area contributed by atoms with Gasteiger partial charge in [-0.15, -0.1) is 0 Å². The van der Waals surface area contributed by atoms with Gasteiger partial charge in [0.2, 0.25) is 0 Å². The Bertz CT molecular complexity index is 652. The fourth-order valence-corrected chi connectivity index (χ4v) is 4.64. The van der Waals surface area contributed by atoms with E-state index >= 15 is 0 Å². The average molecular weight is 305 g/mol. The average Bonchev–Trinajstić information content (AvgIpc) is 3.08. The molecule has 0 saturated carbocycles. The van der Waals surface area contributed by atoms with Gasteiger partial charge < -0.3 is 10.1 Å². The molecule has 2 atom stereocenters. The van der Waals surface area contributed by atoms with E-state index in [2.05, 4.69) is 20.4 Å². The molecule has 4 heterocycles. The smallest absolute Gasteiger partial charge is 0.254 e. The van der Waals surface area contributed by atoms with E-state index in [0.29, 0.717) is 11.8 Å². The highest BCUT2D eigenvalue weighted by Crippen LogP contribution is 2.38. The summed E-state index contributed by atoms with van der Waals surface area (Å²) in [5.41, 5.74) is 1.04. The number of ether oxygens (including phenoxy) is 1. The van der Waals surface area contributed by atoms with Gasteiger partial charge in [0, 0.05) is 30.2 Å². The molecule has 2 fully saturated rings. The van der Waals surface area contributed by atoms with Gasteiger partial charge >= 0.3 is 0 Å². The molecule has 2 aliphatic rings. The molecule has 112 valence electrons. The Kier molecular flexibility index (Phi) is 3.26. The summed E-state index contributed by atoms with van der Waals surface area (Å²) in [7, 11) is 0. The molecule has 2 aliphatic heterocycles. The highest BCUT2D eigenvalue weighted by Gasteiger charge is 2.40. The number of aromatic nitrogens is 4. The summed E-state index contributed by atoms with van der Waals surface area (Å²) in [5.74, 6) is 3.96. The van der Waals surface area contributed by atoms with Gasteiger partial charge in [0.15, 0.2) is 0 Å². The lowest BCUT2D eigenvalue weighted by Gasteiger charge is -2.38. The fraction of sp³-hybridized carbons (Fsp3) is 0.643. The van der Waals surface area contributed by atoms with Gasteiger partial charge in [-0.05, 0) is 31.9 Å². The van der Waals surface area contributed by atoms with Crippen LogP contribution in [0.3, 0.4) is 0 Å². The molecular formula is C14H19N5OS. The summed E-state index contributed by atoms with van der Waals surface area (Å²) in [4.78, 5) is 8.56. The van der Waals surface area contributed by atoms with Gasteiger partial charge in [-0.1, -0.05) is 0 Å². The van der Waals surface area contributed by atoms with E-state index < -0.39 is 0 Å². The fourth-order valence-electron chi connectivity index (χ4n) is 3.26. The summed E-state index contributed by atoms with van der Waals surface area (Å²) in [5, 5.41) is 7.89. The largest absolute Gasteiger partial charge is 0.374 e. The molecule has 0 radical (unpaired) electrons. The van der Waals surface area contributed by atoms with Gasteiger partial charge in [-0.3, -0.25) is 0 Å². The van der Waals surface area contributed by atoms with E-state index in [9.17, 15) is 0 Å². The zero-order valence-corrected chi connectivity index (χ0v) is 12.9. The second-order valence-corrected chi connectivity index (χ2v) is 7.03. The van der Waals surface area contributed by atoms with Crippen LogP contribution < -0.4 is 5.32 Å². The van der Waals surface area contributed by atoms with Crippen molar-refractivity contribution in [2.45, 2.75) is 37.8 Å². The number of nitrogens with zero attached hydrogens (tertiary/aromatic N) is 4. The monoisotopic (exact) mass is 305 g/mol. The van der Waals surface area contributed by atoms with Crippen LogP contribution in [-0.2, 0) is 4.74 Å². The first-order valence-electron chi connectivity index (χ1n) is 7.40.